The van der Waals surface area contributed by atoms with Crippen LogP contribution in [0.3, 0.4) is 0 Å². The Balaban J connectivity index is 2.02. The number of hydrogen-bond donors (Lipinski definition) is 0. The van der Waals surface area contributed by atoms with Gasteiger partial charge in [-0.25, -0.2) is 4.98 Å². The lowest BCUT2D eigenvalue weighted by molar-refractivity contribution is 0.171. The van der Waals surface area contributed by atoms with Crippen molar-refractivity contribution in [3.8, 4) is 22.8 Å². The molecule has 1 aromatic heterocycles. The first-order chi connectivity index (χ1) is 7.83. The number of fused-ring (bicyclic) bond motifs is 1. The van der Waals surface area contributed by atoms with E-state index >= 15 is 0 Å². The van der Waals surface area contributed by atoms with E-state index in [0.717, 1.165) is 22.8 Å². The van der Waals surface area contributed by atoms with Crippen LogP contribution in [0.2, 0.25) is 0 Å². The van der Waals surface area contributed by atoms with E-state index < -0.39 is 0 Å². The highest BCUT2D eigenvalue weighted by Gasteiger charge is 2.13. The minimum Gasteiger partial charge on any atom is -0.486 e. The third-order valence-electron chi connectivity index (χ3n) is 2.45. The topological polar surface area (TPSA) is 44.5 Å². The molecule has 2 aromatic rings. The van der Waals surface area contributed by atoms with Crippen LogP contribution in [-0.4, -0.2) is 18.2 Å². The molecule has 0 unspecified atom stereocenters. The summed E-state index contributed by atoms with van der Waals surface area (Å²) in [6.07, 6.45) is 1.71. The van der Waals surface area contributed by atoms with Gasteiger partial charge in [0, 0.05) is 12.5 Å². The lowest BCUT2D eigenvalue weighted by Crippen LogP contribution is -2.15. The quantitative estimate of drug-likeness (QED) is 0.735. The molecule has 0 fully saturated rings. The van der Waals surface area contributed by atoms with Gasteiger partial charge in [0.05, 0.1) is 6.20 Å². The molecule has 0 radical (unpaired) electrons. The van der Waals surface area contributed by atoms with Crippen molar-refractivity contribution in [1.29, 1.82) is 0 Å². The highest BCUT2D eigenvalue weighted by atomic mass is 16.6. The Bertz CT molecular complexity index is 519. The van der Waals surface area contributed by atoms with E-state index in [1.165, 1.54) is 0 Å². The molecular formula is C12H11NO3. The van der Waals surface area contributed by atoms with Crippen LogP contribution in [-0.2, 0) is 0 Å². The van der Waals surface area contributed by atoms with Crippen molar-refractivity contribution in [2.75, 3.05) is 13.2 Å². The third-order valence-corrected chi connectivity index (χ3v) is 2.45. The molecule has 0 spiro atoms. The van der Waals surface area contributed by atoms with Crippen molar-refractivity contribution in [2.24, 2.45) is 0 Å². The predicted molar refractivity (Wildman–Crippen MR) is 57.7 cm³/mol. The maximum absolute atomic E-state index is 5.51. The van der Waals surface area contributed by atoms with Gasteiger partial charge < -0.3 is 13.9 Å². The Kier molecular flexibility index (Phi) is 2.06. The van der Waals surface area contributed by atoms with Crippen LogP contribution >= 0.6 is 0 Å². The second-order valence-corrected chi connectivity index (χ2v) is 3.60. The number of rotatable bonds is 1. The average molecular weight is 217 g/mol. The number of aromatic nitrogens is 1. The molecule has 82 valence electrons. The van der Waals surface area contributed by atoms with Gasteiger partial charge in [-0.15, -0.1) is 0 Å². The fourth-order valence-corrected chi connectivity index (χ4v) is 1.69. The first-order valence-corrected chi connectivity index (χ1v) is 5.15. The molecule has 0 amide bonds. The monoisotopic (exact) mass is 217 g/mol. The fraction of sp³-hybridized carbons (Fsp3) is 0.250. The molecule has 4 heteroatoms. The summed E-state index contributed by atoms with van der Waals surface area (Å²) in [4.78, 5) is 4.07. The molecule has 0 bridgehead atoms. The number of nitrogens with zero attached hydrogens (tertiary/aromatic N) is 1. The normalized spacial score (nSPS) is 13.8. The van der Waals surface area contributed by atoms with E-state index in [1.54, 1.807) is 6.20 Å². The maximum Gasteiger partial charge on any atom is 0.191 e. The van der Waals surface area contributed by atoms with Crippen LogP contribution in [0.5, 0.6) is 11.5 Å². The Morgan fingerprint density at radius 3 is 2.69 bits per heavy atom. The van der Waals surface area contributed by atoms with Crippen molar-refractivity contribution in [1.82, 2.24) is 4.98 Å². The summed E-state index contributed by atoms with van der Waals surface area (Å²) in [7, 11) is 0. The molecule has 4 nitrogen and oxygen atoms in total. The molecule has 1 aromatic carbocycles. The number of hydrogen-bond acceptors (Lipinski definition) is 4. The SMILES string of the molecule is Cc1ncc(-c2ccc3c(c2)OCCO3)o1. The van der Waals surface area contributed by atoms with Crippen molar-refractivity contribution in [2.45, 2.75) is 6.92 Å². The molecule has 0 saturated heterocycles. The zero-order valence-corrected chi connectivity index (χ0v) is 8.90. The van der Waals surface area contributed by atoms with E-state index in [0.29, 0.717) is 19.1 Å². The molecular weight excluding hydrogens is 206 g/mol. The summed E-state index contributed by atoms with van der Waals surface area (Å²) in [5.41, 5.74) is 0.949. The second kappa shape index (κ2) is 3.56. The predicted octanol–water partition coefficient (Wildman–Crippen LogP) is 2.42. The summed E-state index contributed by atoms with van der Waals surface area (Å²) in [5.74, 6) is 2.95. The van der Waals surface area contributed by atoms with E-state index in [4.69, 9.17) is 13.9 Å². The Labute approximate surface area is 92.8 Å². The molecule has 0 saturated carbocycles. The van der Waals surface area contributed by atoms with Gasteiger partial charge in [0.15, 0.2) is 23.1 Å². The minimum atomic E-state index is 0.589. The van der Waals surface area contributed by atoms with Gasteiger partial charge in [0.25, 0.3) is 0 Å². The van der Waals surface area contributed by atoms with Crippen LogP contribution < -0.4 is 9.47 Å². The zero-order chi connectivity index (χ0) is 11.0. The number of aryl methyl sites for hydroxylation is 1. The molecule has 1 aliphatic rings. The highest BCUT2D eigenvalue weighted by molar-refractivity contribution is 5.62. The Morgan fingerprint density at radius 1 is 1.12 bits per heavy atom. The van der Waals surface area contributed by atoms with Crippen molar-refractivity contribution in [3.05, 3.63) is 30.3 Å². The van der Waals surface area contributed by atoms with E-state index in [9.17, 15) is 0 Å². The number of oxazole rings is 1. The van der Waals surface area contributed by atoms with Crippen molar-refractivity contribution >= 4 is 0 Å². The van der Waals surface area contributed by atoms with Crippen molar-refractivity contribution < 1.29 is 13.9 Å². The average Bonchev–Trinajstić information content (AvgIpc) is 2.75. The van der Waals surface area contributed by atoms with Gasteiger partial charge >= 0.3 is 0 Å². The van der Waals surface area contributed by atoms with Crippen molar-refractivity contribution in [3.63, 3.8) is 0 Å². The molecule has 3 rings (SSSR count). The highest BCUT2D eigenvalue weighted by Crippen LogP contribution is 2.34. The van der Waals surface area contributed by atoms with Gasteiger partial charge in [-0.3, -0.25) is 0 Å². The van der Waals surface area contributed by atoms with E-state index in [-0.39, 0.29) is 0 Å². The lowest BCUT2D eigenvalue weighted by Gasteiger charge is -2.18. The molecule has 16 heavy (non-hydrogen) atoms. The summed E-state index contributed by atoms with van der Waals surface area (Å²) < 4.78 is 16.4. The van der Waals surface area contributed by atoms with Gasteiger partial charge in [-0.2, -0.15) is 0 Å². The summed E-state index contributed by atoms with van der Waals surface area (Å²) >= 11 is 0. The van der Waals surface area contributed by atoms with Crippen LogP contribution in [0.4, 0.5) is 0 Å². The van der Waals surface area contributed by atoms with Crippen LogP contribution in [0.15, 0.2) is 28.8 Å². The van der Waals surface area contributed by atoms with Gasteiger partial charge in [0.2, 0.25) is 0 Å². The smallest absolute Gasteiger partial charge is 0.191 e. The summed E-state index contributed by atoms with van der Waals surface area (Å²) in [6, 6.07) is 5.74. The third kappa shape index (κ3) is 1.52. The van der Waals surface area contributed by atoms with Crippen LogP contribution in [0, 0.1) is 6.92 Å². The summed E-state index contributed by atoms with van der Waals surface area (Å²) in [6.45, 7) is 3.02. The standard InChI is InChI=1S/C12H11NO3/c1-8-13-7-12(16-8)9-2-3-10-11(6-9)15-5-4-14-10/h2-3,6-7H,4-5H2,1H3. The second-order valence-electron chi connectivity index (χ2n) is 3.60. The first-order valence-electron chi connectivity index (χ1n) is 5.15. The fourth-order valence-electron chi connectivity index (χ4n) is 1.69. The summed E-state index contributed by atoms with van der Waals surface area (Å²) in [5, 5.41) is 0. The molecule has 2 heterocycles. The number of benzene rings is 1. The number of ether oxygens (including phenoxy) is 2. The Morgan fingerprint density at radius 2 is 1.94 bits per heavy atom. The molecule has 0 atom stereocenters. The first kappa shape index (κ1) is 9.27. The molecule has 0 N–H and O–H groups in total. The molecule has 1 aliphatic heterocycles. The van der Waals surface area contributed by atoms with Gasteiger partial charge in [-0.05, 0) is 18.2 Å². The van der Waals surface area contributed by atoms with Gasteiger partial charge in [-0.1, -0.05) is 0 Å². The zero-order valence-electron chi connectivity index (χ0n) is 8.90. The van der Waals surface area contributed by atoms with Gasteiger partial charge in [0.1, 0.15) is 13.2 Å². The minimum absolute atomic E-state index is 0.589. The van der Waals surface area contributed by atoms with Crippen LogP contribution in [0.1, 0.15) is 5.89 Å². The van der Waals surface area contributed by atoms with E-state index in [1.807, 2.05) is 25.1 Å². The largest absolute Gasteiger partial charge is 0.486 e. The lowest BCUT2D eigenvalue weighted by atomic mass is 10.1. The molecule has 0 aliphatic carbocycles. The van der Waals surface area contributed by atoms with Crippen LogP contribution in [0.25, 0.3) is 11.3 Å². The van der Waals surface area contributed by atoms with E-state index in [2.05, 4.69) is 4.98 Å². The maximum atomic E-state index is 5.51. The Hall–Kier alpha value is -1.97.